The van der Waals surface area contributed by atoms with E-state index in [1.807, 2.05) is 84.0 Å². The van der Waals surface area contributed by atoms with Gasteiger partial charge < -0.3 is 14.5 Å². The normalized spacial score (nSPS) is 21.0. The zero-order valence-corrected chi connectivity index (χ0v) is 26.3. The molecule has 3 aliphatic rings. The van der Waals surface area contributed by atoms with Gasteiger partial charge in [0.05, 0.1) is 41.6 Å². The molecule has 0 bridgehead atoms. The van der Waals surface area contributed by atoms with Crippen LogP contribution in [0.1, 0.15) is 64.7 Å². The molecule has 4 heterocycles. The van der Waals surface area contributed by atoms with Gasteiger partial charge in [0.25, 0.3) is 11.8 Å². The Hall–Kier alpha value is -4.83. The number of imide groups is 1. The van der Waals surface area contributed by atoms with E-state index in [1.54, 1.807) is 18.6 Å². The summed E-state index contributed by atoms with van der Waals surface area (Å²) in [5.74, 6) is -1.87. The molecule has 232 valence electrons. The monoisotopic (exact) mass is 609 g/mol. The molecule has 0 fully saturated rings. The van der Waals surface area contributed by atoms with Crippen LogP contribution in [0.15, 0.2) is 71.6 Å². The minimum atomic E-state index is -0.734. The van der Waals surface area contributed by atoms with Gasteiger partial charge in [-0.3, -0.25) is 24.2 Å². The molecule has 0 spiro atoms. The number of carbonyl (C=O) groups excluding carboxylic acids is 4. The van der Waals surface area contributed by atoms with Crippen LogP contribution in [0.25, 0.3) is 16.5 Å². The molecule has 0 radical (unpaired) electrons. The second-order valence-corrected chi connectivity index (χ2v) is 13.6. The molecule has 2 atom stereocenters. The van der Waals surface area contributed by atoms with E-state index in [2.05, 4.69) is 10.3 Å². The fourth-order valence-corrected chi connectivity index (χ4v) is 6.51. The summed E-state index contributed by atoms with van der Waals surface area (Å²) in [7, 11) is 0. The van der Waals surface area contributed by atoms with Crippen LogP contribution in [0.4, 0.5) is 5.69 Å². The van der Waals surface area contributed by atoms with Gasteiger partial charge in [-0.05, 0) is 53.7 Å². The van der Waals surface area contributed by atoms with Gasteiger partial charge in [-0.15, -0.1) is 0 Å². The van der Waals surface area contributed by atoms with E-state index < -0.39 is 41.0 Å². The predicted octanol–water partition coefficient (Wildman–Crippen LogP) is 4.86. The van der Waals surface area contributed by atoms with E-state index in [0.717, 1.165) is 22.2 Å². The van der Waals surface area contributed by atoms with Crippen molar-refractivity contribution in [3.05, 3.63) is 83.3 Å². The Morgan fingerprint density at radius 2 is 1.62 bits per heavy atom. The molecular weight excluding hydrogens is 572 g/mol. The van der Waals surface area contributed by atoms with Crippen molar-refractivity contribution < 1.29 is 28.7 Å². The summed E-state index contributed by atoms with van der Waals surface area (Å²) in [4.78, 5) is 61.7. The molecule has 10 nitrogen and oxygen atoms in total. The van der Waals surface area contributed by atoms with E-state index in [0.29, 0.717) is 23.3 Å². The van der Waals surface area contributed by atoms with Gasteiger partial charge in [-0.25, -0.2) is 9.79 Å². The van der Waals surface area contributed by atoms with Gasteiger partial charge in [-0.1, -0.05) is 30.3 Å². The Kier molecular flexibility index (Phi) is 7.16. The van der Waals surface area contributed by atoms with Gasteiger partial charge in [0.2, 0.25) is 6.04 Å². The highest BCUT2D eigenvalue weighted by Crippen LogP contribution is 2.46. The number of hydrogen-bond donors (Lipinski definition) is 2. The van der Waals surface area contributed by atoms with Crippen LogP contribution < -0.4 is 9.80 Å². The lowest BCUT2D eigenvalue weighted by Crippen LogP contribution is -2.56. The van der Waals surface area contributed by atoms with Crippen LogP contribution >= 0.6 is 0 Å². The largest absolute Gasteiger partial charge is 0.460 e. The number of rotatable bonds is 6. The third-order valence-corrected chi connectivity index (χ3v) is 8.11. The smallest absolute Gasteiger partial charge is 0.366 e. The van der Waals surface area contributed by atoms with Crippen molar-refractivity contribution in [3.63, 3.8) is 0 Å². The van der Waals surface area contributed by atoms with Gasteiger partial charge in [-0.2, -0.15) is 0 Å². The number of quaternary nitrogens is 1. The summed E-state index contributed by atoms with van der Waals surface area (Å²) in [5.41, 5.74) is 2.90. The highest BCUT2D eigenvalue weighted by atomic mass is 16.6. The van der Waals surface area contributed by atoms with Crippen molar-refractivity contribution in [1.82, 2.24) is 14.8 Å². The summed E-state index contributed by atoms with van der Waals surface area (Å²) in [6.45, 7) is 11.1. The molecule has 3 aromatic rings. The van der Waals surface area contributed by atoms with Crippen molar-refractivity contribution in [2.75, 3.05) is 6.54 Å². The zero-order valence-electron chi connectivity index (χ0n) is 26.3. The van der Waals surface area contributed by atoms with Gasteiger partial charge >= 0.3 is 11.9 Å². The number of para-hydroxylation sites is 2. The number of nitrogens with zero attached hydrogens (tertiary/aromatic N) is 2. The van der Waals surface area contributed by atoms with Crippen LogP contribution in [-0.4, -0.2) is 58.2 Å². The average molecular weight is 610 g/mol. The summed E-state index contributed by atoms with van der Waals surface area (Å²) in [6.07, 6.45) is 5.45. The second-order valence-electron chi connectivity index (χ2n) is 13.6. The Morgan fingerprint density at radius 3 is 2.36 bits per heavy atom. The first-order valence-electron chi connectivity index (χ1n) is 15.1. The summed E-state index contributed by atoms with van der Waals surface area (Å²) in [6, 6.07) is 12.5. The van der Waals surface area contributed by atoms with E-state index in [9.17, 15) is 19.2 Å². The molecule has 0 saturated heterocycles. The maximum atomic E-state index is 13.8. The lowest BCUT2D eigenvalue weighted by Gasteiger charge is -2.37. The van der Waals surface area contributed by atoms with E-state index >= 15 is 0 Å². The molecule has 2 amide bonds. The molecule has 2 N–H and O–H groups in total. The van der Waals surface area contributed by atoms with Crippen molar-refractivity contribution >= 4 is 51.6 Å². The van der Waals surface area contributed by atoms with Crippen LogP contribution in [0.3, 0.4) is 0 Å². The Balaban J connectivity index is 1.52. The number of amides is 2. The Morgan fingerprint density at radius 1 is 0.911 bits per heavy atom. The minimum absolute atomic E-state index is 0.0201. The summed E-state index contributed by atoms with van der Waals surface area (Å²) < 4.78 is 11.5. The first kappa shape index (κ1) is 30.2. The maximum Gasteiger partial charge on any atom is 0.366 e. The quantitative estimate of drug-likeness (QED) is 0.234. The lowest BCUT2D eigenvalue weighted by molar-refractivity contribution is -0.161. The maximum absolute atomic E-state index is 13.8. The summed E-state index contributed by atoms with van der Waals surface area (Å²) >= 11 is 0. The molecule has 1 unspecified atom stereocenters. The summed E-state index contributed by atoms with van der Waals surface area (Å²) in [5, 5.41) is 3.27. The topological polar surface area (TPSA) is 127 Å². The number of esters is 2. The first-order valence-corrected chi connectivity index (χ1v) is 15.1. The number of hydrogen-bond acceptors (Lipinski definition) is 7. The van der Waals surface area contributed by atoms with Crippen molar-refractivity contribution in [1.29, 1.82) is 0 Å². The highest BCUT2D eigenvalue weighted by Gasteiger charge is 2.54. The number of H-pyrrole nitrogens is 1. The van der Waals surface area contributed by atoms with E-state index in [4.69, 9.17) is 14.5 Å². The molecule has 6 rings (SSSR count). The average Bonchev–Trinajstić information content (AvgIpc) is 3.55. The van der Waals surface area contributed by atoms with Crippen molar-refractivity contribution in [2.24, 2.45) is 4.99 Å². The van der Waals surface area contributed by atoms with Crippen LogP contribution in [-0.2, 0) is 35.1 Å². The number of aromatic amines is 1. The van der Waals surface area contributed by atoms with Crippen LogP contribution in [0, 0.1) is 0 Å². The number of aromatic nitrogens is 1. The first-order chi connectivity index (χ1) is 21.2. The molecular formula is C35H37N4O6+. The number of ether oxygens (including phenoxy) is 2. The fourth-order valence-electron chi connectivity index (χ4n) is 6.51. The molecule has 45 heavy (non-hydrogen) atoms. The molecule has 2 aromatic carbocycles. The van der Waals surface area contributed by atoms with Gasteiger partial charge in [0.15, 0.2) is 5.69 Å². The molecule has 1 aromatic heterocycles. The lowest BCUT2D eigenvalue weighted by atomic mass is 9.92. The second kappa shape index (κ2) is 10.7. The molecule has 10 heteroatoms. The number of carbonyl (C=O) groups is 4. The number of benzene rings is 2. The minimum Gasteiger partial charge on any atom is -0.460 e. The highest BCUT2D eigenvalue weighted by molar-refractivity contribution is 6.48. The van der Waals surface area contributed by atoms with E-state index in [1.165, 1.54) is 0 Å². The standard InChI is InChI=1S/C35H36N4O6/c1-34(2,3)44-26(40)14-16-39-17-15-36-29(22-12-9-10-20(30(22)39)18-25(39)33(43)45-35(4,5)6)28-27(31(41)38-32(28)42)23-19-37-24-13-8-7-11-21(23)24/h7-13,15,17,19,25H,14,16,18H2,1-6H3,(H-,36,37,38,41,42)/p+1/t25?,39-/m0/s1. The number of nitrogens with one attached hydrogen (secondary N) is 2. The number of fused-ring (bicyclic) bond motifs is 1. The Labute approximate surface area is 261 Å². The molecule has 3 aliphatic heterocycles. The predicted molar refractivity (Wildman–Crippen MR) is 171 cm³/mol. The van der Waals surface area contributed by atoms with Gasteiger partial charge in [0, 0.05) is 34.6 Å². The number of aliphatic imine (C=N–C) groups is 1. The SMILES string of the molecule is CC(C)(C)OC(=O)CC[N@@+]12C=CN=C(C3=C(c4c[nH]c5ccccc45)C(=O)NC3=O)c3cccc(c31)CC2C(=O)OC(C)(C)C. The zero-order chi connectivity index (χ0) is 32.3. The van der Waals surface area contributed by atoms with Crippen LogP contribution in [0.2, 0.25) is 0 Å². The Bertz CT molecular complexity index is 1870. The fraction of sp³-hybridized carbons (Fsp3) is 0.343. The molecule has 0 aliphatic carbocycles. The van der Waals surface area contributed by atoms with Crippen LogP contribution in [0.5, 0.6) is 0 Å². The van der Waals surface area contributed by atoms with Gasteiger partial charge in [0.1, 0.15) is 17.4 Å². The third-order valence-electron chi connectivity index (χ3n) is 8.11. The van der Waals surface area contributed by atoms with E-state index in [-0.39, 0.29) is 28.6 Å². The van der Waals surface area contributed by atoms with Crippen molar-refractivity contribution in [2.45, 2.75) is 71.6 Å². The molecule has 0 saturated carbocycles. The van der Waals surface area contributed by atoms with Crippen molar-refractivity contribution in [3.8, 4) is 0 Å². The third kappa shape index (κ3) is 5.39.